The second-order valence-electron chi connectivity index (χ2n) is 3.05. The summed E-state index contributed by atoms with van der Waals surface area (Å²) >= 11 is 0. The maximum atomic E-state index is 11.3. The SMILES string of the molecule is CCN(C)C(=O)COc1cnn(C)c1. The number of carbonyl (C=O) groups excluding carboxylic acids is 1. The Labute approximate surface area is 83.3 Å². The summed E-state index contributed by atoms with van der Waals surface area (Å²) in [5, 5.41) is 3.93. The number of amides is 1. The summed E-state index contributed by atoms with van der Waals surface area (Å²) in [6.07, 6.45) is 3.30. The third kappa shape index (κ3) is 2.76. The van der Waals surface area contributed by atoms with Gasteiger partial charge in [0.1, 0.15) is 0 Å². The van der Waals surface area contributed by atoms with Gasteiger partial charge >= 0.3 is 0 Å². The van der Waals surface area contributed by atoms with Crippen molar-refractivity contribution in [2.24, 2.45) is 7.05 Å². The van der Waals surface area contributed by atoms with E-state index < -0.39 is 0 Å². The van der Waals surface area contributed by atoms with Gasteiger partial charge in [-0.2, -0.15) is 5.10 Å². The molecule has 0 unspecified atom stereocenters. The number of rotatable bonds is 4. The van der Waals surface area contributed by atoms with Crippen LogP contribution in [0.25, 0.3) is 0 Å². The van der Waals surface area contributed by atoms with Crippen LogP contribution >= 0.6 is 0 Å². The lowest BCUT2D eigenvalue weighted by Gasteiger charge is -2.13. The summed E-state index contributed by atoms with van der Waals surface area (Å²) in [4.78, 5) is 12.9. The van der Waals surface area contributed by atoms with Gasteiger partial charge in [-0.1, -0.05) is 0 Å². The zero-order chi connectivity index (χ0) is 10.6. The van der Waals surface area contributed by atoms with E-state index in [1.54, 1.807) is 36.1 Å². The average molecular weight is 197 g/mol. The number of likely N-dealkylation sites (N-methyl/N-ethyl adjacent to an activating group) is 1. The fourth-order valence-corrected chi connectivity index (χ4v) is 0.905. The number of hydrogen-bond acceptors (Lipinski definition) is 3. The predicted octanol–water partition coefficient (Wildman–Crippen LogP) is 0.277. The normalized spacial score (nSPS) is 9.93. The number of nitrogens with zero attached hydrogens (tertiary/aromatic N) is 3. The Morgan fingerprint density at radius 2 is 2.43 bits per heavy atom. The summed E-state index contributed by atoms with van der Waals surface area (Å²) in [5.41, 5.74) is 0. The third-order valence-corrected chi connectivity index (χ3v) is 1.94. The van der Waals surface area contributed by atoms with E-state index in [1.807, 2.05) is 6.92 Å². The van der Waals surface area contributed by atoms with Gasteiger partial charge in [0.2, 0.25) is 0 Å². The molecule has 1 aromatic rings. The minimum Gasteiger partial charge on any atom is -0.480 e. The van der Waals surface area contributed by atoms with Crippen molar-refractivity contribution in [3.8, 4) is 5.75 Å². The first kappa shape index (κ1) is 10.6. The number of carbonyl (C=O) groups is 1. The van der Waals surface area contributed by atoms with Crippen molar-refractivity contribution in [2.45, 2.75) is 6.92 Å². The zero-order valence-corrected chi connectivity index (χ0v) is 8.73. The van der Waals surface area contributed by atoms with Gasteiger partial charge in [0.05, 0.1) is 12.4 Å². The average Bonchev–Trinajstić information content (AvgIpc) is 2.59. The van der Waals surface area contributed by atoms with Gasteiger partial charge in [-0.05, 0) is 6.92 Å². The molecular weight excluding hydrogens is 182 g/mol. The third-order valence-electron chi connectivity index (χ3n) is 1.94. The number of hydrogen-bond donors (Lipinski definition) is 0. The Kier molecular flexibility index (Phi) is 3.50. The van der Waals surface area contributed by atoms with Gasteiger partial charge in [0.25, 0.3) is 5.91 Å². The van der Waals surface area contributed by atoms with Crippen LogP contribution in [-0.2, 0) is 11.8 Å². The van der Waals surface area contributed by atoms with Crippen LogP contribution in [0.5, 0.6) is 5.75 Å². The van der Waals surface area contributed by atoms with Crippen molar-refractivity contribution < 1.29 is 9.53 Å². The van der Waals surface area contributed by atoms with Crippen LogP contribution in [0.15, 0.2) is 12.4 Å². The van der Waals surface area contributed by atoms with Crippen molar-refractivity contribution in [3.63, 3.8) is 0 Å². The van der Waals surface area contributed by atoms with Crippen molar-refractivity contribution >= 4 is 5.91 Å². The van der Waals surface area contributed by atoms with Crippen LogP contribution in [-0.4, -0.2) is 40.8 Å². The van der Waals surface area contributed by atoms with Crippen LogP contribution in [0.1, 0.15) is 6.92 Å². The molecule has 5 nitrogen and oxygen atoms in total. The molecule has 0 aliphatic carbocycles. The molecule has 0 aliphatic heterocycles. The lowest BCUT2D eigenvalue weighted by atomic mass is 10.5. The second-order valence-corrected chi connectivity index (χ2v) is 3.05. The van der Waals surface area contributed by atoms with Crippen LogP contribution in [0.2, 0.25) is 0 Å². The van der Waals surface area contributed by atoms with Gasteiger partial charge in [-0.15, -0.1) is 0 Å². The smallest absolute Gasteiger partial charge is 0.260 e. The molecule has 1 aromatic heterocycles. The Hall–Kier alpha value is -1.52. The molecule has 1 heterocycles. The molecule has 0 N–H and O–H groups in total. The van der Waals surface area contributed by atoms with Crippen molar-refractivity contribution in [2.75, 3.05) is 20.2 Å². The minimum atomic E-state index is -0.0312. The molecule has 0 saturated heterocycles. The number of ether oxygens (including phenoxy) is 1. The van der Waals surface area contributed by atoms with E-state index in [0.717, 1.165) is 0 Å². The van der Waals surface area contributed by atoms with Crippen molar-refractivity contribution in [1.82, 2.24) is 14.7 Å². The van der Waals surface area contributed by atoms with Crippen molar-refractivity contribution in [1.29, 1.82) is 0 Å². The Morgan fingerprint density at radius 3 is 2.93 bits per heavy atom. The molecule has 0 aliphatic rings. The molecule has 0 aromatic carbocycles. The molecule has 0 atom stereocenters. The topological polar surface area (TPSA) is 47.4 Å². The first-order chi connectivity index (χ1) is 6.63. The quantitative estimate of drug-likeness (QED) is 0.696. The molecule has 14 heavy (non-hydrogen) atoms. The molecule has 0 radical (unpaired) electrons. The maximum Gasteiger partial charge on any atom is 0.260 e. The molecule has 0 saturated carbocycles. The van der Waals surface area contributed by atoms with E-state index in [4.69, 9.17) is 4.74 Å². The maximum absolute atomic E-state index is 11.3. The van der Waals surface area contributed by atoms with Crippen molar-refractivity contribution in [3.05, 3.63) is 12.4 Å². The van der Waals surface area contributed by atoms with Gasteiger partial charge < -0.3 is 9.64 Å². The highest BCUT2D eigenvalue weighted by Crippen LogP contribution is 2.06. The first-order valence-corrected chi connectivity index (χ1v) is 4.49. The Balaban J connectivity index is 2.37. The Bertz CT molecular complexity index is 309. The molecule has 78 valence electrons. The molecular formula is C9H15N3O2. The summed E-state index contributed by atoms with van der Waals surface area (Å²) in [7, 11) is 3.54. The van der Waals surface area contributed by atoms with E-state index in [9.17, 15) is 4.79 Å². The van der Waals surface area contributed by atoms with E-state index in [-0.39, 0.29) is 12.5 Å². The van der Waals surface area contributed by atoms with E-state index in [0.29, 0.717) is 12.3 Å². The highest BCUT2D eigenvalue weighted by atomic mass is 16.5. The molecule has 1 amide bonds. The molecule has 0 bridgehead atoms. The monoisotopic (exact) mass is 197 g/mol. The second kappa shape index (κ2) is 4.64. The van der Waals surface area contributed by atoms with E-state index >= 15 is 0 Å². The minimum absolute atomic E-state index is 0.0312. The van der Waals surface area contributed by atoms with Gasteiger partial charge in [-0.3, -0.25) is 9.48 Å². The fraction of sp³-hybridized carbons (Fsp3) is 0.556. The van der Waals surface area contributed by atoms with Crippen LogP contribution in [0.3, 0.4) is 0 Å². The van der Waals surface area contributed by atoms with Gasteiger partial charge in [0, 0.05) is 20.6 Å². The van der Waals surface area contributed by atoms with Crippen LogP contribution in [0.4, 0.5) is 0 Å². The lowest BCUT2D eigenvalue weighted by molar-refractivity contribution is -0.131. The standard InChI is InChI=1S/C9H15N3O2/c1-4-11(2)9(13)7-14-8-5-10-12(3)6-8/h5-6H,4,7H2,1-3H3. The lowest BCUT2D eigenvalue weighted by Crippen LogP contribution is -2.30. The van der Waals surface area contributed by atoms with E-state index in [2.05, 4.69) is 5.10 Å². The summed E-state index contributed by atoms with van der Waals surface area (Å²) in [5.74, 6) is 0.585. The Morgan fingerprint density at radius 1 is 1.71 bits per heavy atom. The molecule has 0 fully saturated rings. The number of aryl methyl sites for hydroxylation is 1. The summed E-state index contributed by atoms with van der Waals surface area (Å²) in [6.45, 7) is 2.67. The molecule has 0 spiro atoms. The highest BCUT2D eigenvalue weighted by molar-refractivity contribution is 5.77. The molecule has 5 heteroatoms. The fourth-order valence-electron chi connectivity index (χ4n) is 0.905. The largest absolute Gasteiger partial charge is 0.480 e. The molecule has 1 rings (SSSR count). The summed E-state index contributed by atoms with van der Waals surface area (Å²) < 4.78 is 6.87. The van der Waals surface area contributed by atoms with Gasteiger partial charge in [0.15, 0.2) is 12.4 Å². The van der Waals surface area contributed by atoms with Gasteiger partial charge in [-0.25, -0.2) is 0 Å². The van der Waals surface area contributed by atoms with Crippen LogP contribution in [0, 0.1) is 0 Å². The number of aromatic nitrogens is 2. The van der Waals surface area contributed by atoms with Crippen LogP contribution < -0.4 is 4.74 Å². The highest BCUT2D eigenvalue weighted by Gasteiger charge is 2.07. The summed E-state index contributed by atoms with van der Waals surface area (Å²) in [6, 6.07) is 0. The zero-order valence-electron chi connectivity index (χ0n) is 8.73. The predicted molar refractivity (Wildman–Crippen MR) is 52.0 cm³/mol. The van der Waals surface area contributed by atoms with E-state index in [1.165, 1.54) is 0 Å². The first-order valence-electron chi connectivity index (χ1n) is 4.49.